The summed E-state index contributed by atoms with van der Waals surface area (Å²) >= 11 is 0. The number of halogens is 3. The number of ether oxygens (including phenoxy) is 1. The van der Waals surface area contributed by atoms with Crippen LogP contribution in [0.3, 0.4) is 0 Å². The van der Waals surface area contributed by atoms with E-state index < -0.39 is 11.7 Å². The van der Waals surface area contributed by atoms with Crippen molar-refractivity contribution in [2.24, 2.45) is 0 Å². The zero-order valence-corrected chi connectivity index (χ0v) is 12.4. The molecule has 0 amide bonds. The highest BCUT2D eigenvalue weighted by molar-refractivity contribution is 5.37. The Morgan fingerprint density at radius 2 is 2.05 bits per heavy atom. The summed E-state index contributed by atoms with van der Waals surface area (Å²) < 4.78 is 44.8. The molecule has 0 unspecified atom stereocenters. The van der Waals surface area contributed by atoms with Gasteiger partial charge in [-0.25, -0.2) is 4.98 Å². The number of alkyl halides is 3. The van der Waals surface area contributed by atoms with Crippen LogP contribution in [0.4, 0.5) is 13.2 Å². The molecule has 0 spiro atoms. The number of hydrogen-bond donors (Lipinski definition) is 2. The lowest BCUT2D eigenvalue weighted by molar-refractivity contribution is -0.138. The van der Waals surface area contributed by atoms with Crippen LogP contribution >= 0.6 is 0 Å². The normalized spacial score (nSPS) is 11.9. The molecule has 0 saturated carbocycles. The number of rotatable bonds is 6. The van der Waals surface area contributed by atoms with Crippen molar-refractivity contribution in [1.29, 1.82) is 0 Å². The van der Waals surface area contributed by atoms with Gasteiger partial charge in [-0.15, -0.1) is 0 Å². The first-order valence-electron chi connectivity index (χ1n) is 6.92. The number of nitrogens with zero attached hydrogens (tertiary/aromatic N) is 1. The molecule has 0 aliphatic heterocycles. The first-order valence-corrected chi connectivity index (χ1v) is 6.92. The SMILES string of the molecule is CC(C)Oc1ccc(CNCc2ncc[nH]2)c(C(F)(F)F)c1. The summed E-state index contributed by atoms with van der Waals surface area (Å²) in [6.45, 7) is 4.00. The molecular formula is C15H18F3N3O. The van der Waals surface area contributed by atoms with Gasteiger partial charge in [0.15, 0.2) is 0 Å². The zero-order chi connectivity index (χ0) is 16.2. The number of H-pyrrole nitrogens is 1. The number of aromatic nitrogens is 2. The van der Waals surface area contributed by atoms with Gasteiger partial charge in [-0.3, -0.25) is 0 Å². The first-order chi connectivity index (χ1) is 10.4. The van der Waals surface area contributed by atoms with Crippen molar-refractivity contribution in [2.45, 2.75) is 39.2 Å². The van der Waals surface area contributed by atoms with E-state index in [4.69, 9.17) is 4.74 Å². The van der Waals surface area contributed by atoms with E-state index in [1.807, 2.05) is 0 Å². The lowest BCUT2D eigenvalue weighted by Crippen LogP contribution is -2.18. The molecule has 2 rings (SSSR count). The fourth-order valence-corrected chi connectivity index (χ4v) is 2.03. The Morgan fingerprint density at radius 1 is 1.27 bits per heavy atom. The summed E-state index contributed by atoms with van der Waals surface area (Å²) in [5.74, 6) is 0.894. The van der Waals surface area contributed by atoms with E-state index in [0.717, 1.165) is 6.07 Å². The van der Waals surface area contributed by atoms with Crippen molar-refractivity contribution in [3.8, 4) is 5.75 Å². The molecular weight excluding hydrogens is 295 g/mol. The summed E-state index contributed by atoms with van der Waals surface area (Å²) in [7, 11) is 0. The summed E-state index contributed by atoms with van der Waals surface area (Å²) in [5.41, 5.74) is -0.507. The van der Waals surface area contributed by atoms with Gasteiger partial charge < -0.3 is 15.0 Å². The predicted molar refractivity (Wildman–Crippen MR) is 76.3 cm³/mol. The highest BCUT2D eigenvalue weighted by Crippen LogP contribution is 2.34. The van der Waals surface area contributed by atoms with Crippen LogP contribution in [0.5, 0.6) is 5.75 Å². The standard InChI is InChI=1S/C15H18F3N3O/c1-10(2)22-12-4-3-11(13(7-12)15(16,17)18)8-19-9-14-20-5-6-21-14/h3-7,10,19H,8-9H2,1-2H3,(H,20,21). The monoisotopic (exact) mass is 313 g/mol. The fourth-order valence-electron chi connectivity index (χ4n) is 2.03. The van der Waals surface area contributed by atoms with E-state index >= 15 is 0 Å². The average Bonchev–Trinajstić information content (AvgIpc) is 2.91. The Hall–Kier alpha value is -2.02. The summed E-state index contributed by atoms with van der Waals surface area (Å²) in [4.78, 5) is 6.89. The van der Waals surface area contributed by atoms with E-state index in [1.165, 1.54) is 6.07 Å². The smallest absolute Gasteiger partial charge is 0.416 e. The molecule has 4 nitrogen and oxygen atoms in total. The minimum Gasteiger partial charge on any atom is -0.491 e. The predicted octanol–water partition coefficient (Wildman–Crippen LogP) is 3.51. The molecule has 0 radical (unpaired) electrons. The highest BCUT2D eigenvalue weighted by Gasteiger charge is 2.33. The molecule has 0 aliphatic rings. The zero-order valence-electron chi connectivity index (χ0n) is 12.4. The molecule has 1 aromatic heterocycles. The summed E-state index contributed by atoms with van der Waals surface area (Å²) in [6.07, 6.45) is -1.34. The molecule has 0 bridgehead atoms. The second-order valence-electron chi connectivity index (χ2n) is 5.12. The molecule has 22 heavy (non-hydrogen) atoms. The fraction of sp³-hybridized carbons (Fsp3) is 0.400. The van der Waals surface area contributed by atoms with Crippen LogP contribution in [-0.2, 0) is 19.3 Å². The minimum absolute atomic E-state index is 0.0947. The first kappa shape index (κ1) is 16.4. The largest absolute Gasteiger partial charge is 0.491 e. The third-order valence-electron chi connectivity index (χ3n) is 2.92. The molecule has 1 heterocycles. The summed E-state index contributed by atoms with van der Waals surface area (Å²) in [5, 5.41) is 2.94. The summed E-state index contributed by atoms with van der Waals surface area (Å²) in [6, 6.07) is 4.04. The van der Waals surface area contributed by atoms with Gasteiger partial charge in [0.05, 0.1) is 18.2 Å². The van der Waals surface area contributed by atoms with Gasteiger partial charge in [0.25, 0.3) is 0 Å². The molecule has 1 aromatic carbocycles. The van der Waals surface area contributed by atoms with Gasteiger partial charge in [0, 0.05) is 18.9 Å². The Labute approximate surface area is 126 Å². The molecule has 7 heteroatoms. The number of aromatic amines is 1. The molecule has 0 atom stereocenters. The van der Waals surface area contributed by atoms with Crippen molar-refractivity contribution in [3.05, 3.63) is 47.5 Å². The molecule has 120 valence electrons. The van der Waals surface area contributed by atoms with Crippen molar-refractivity contribution < 1.29 is 17.9 Å². The van der Waals surface area contributed by atoms with Crippen molar-refractivity contribution in [1.82, 2.24) is 15.3 Å². The van der Waals surface area contributed by atoms with E-state index in [1.54, 1.807) is 32.3 Å². The molecule has 0 saturated heterocycles. The Balaban J connectivity index is 2.11. The Kier molecular flexibility index (Phi) is 5.07. The second kappa shape index (κ2) is 6.83. The minimum atomic E-state index is -4.42. The lowest BCUT2D eigenvalue weighted by atomic mass is 10.1. The molecule has 0 aliphatic carbocycles. The lowest BCUT2D eigenvalue weighted by Gasteiger charge is -2.16. The second-order valence-corrected chi connectivity index (χ2v) is 5.12. The maximum Gasteiger partial charge on any atom is 0.416 e. The van der Waals surface area contributed by atoms with Crippen LogP contribution in [-0.4, -0.2) is 16.1 Å². The van der Waals surface area contributed by atoms with Crippen LogP contribution in [0, 0.1) is 0 Å². The number of hydrogen-bond acceptors (Lipinski definition) is 3. The van der Waals surface area contributed by atoms with Crippen molar-refractivity contribution in [2.75, 3.05) is 0 Å². The van der Waals surface area contributed by atoms with Crippen LogP contribution in [0.2, 0.25) is 0 Å². The van der Waals surface area contributed by atoms with Crippen molar-refractivity contribution in [3.63, 3.8) is 0 Å². The van der Waals surface area contributed by atoms with Crippen molar-refractivity contribution >= 4 is 0 Å². The van der Waals surface area contributed by atoms with Gasteiger partial charge in [-0.05, 0) is 31.5 Å². The number of imidazole rings is 1. The Morgan fingerprint density at radius 3 is 2.64 bits per heavy atom. The van der Waals surface area contributed by atoms with Crippen LogP contribution < -0.4 is 10.1 Å². The quantitative estimate of drug-likeness (QED) is 0.858. The van der Waals surface area contributed by atoms with Gasteiger partial charge in [0.2, 0.25) is 0 Å². The van der Waals surface area contributed by atoms with Crippen LogP contribution in [0.1, 0.15) is 30.8 Å². The third-order valence-corrected chi connectivity index (χ3v) is 2.92. The number of nitrogens with one attached hydrogen (secondary N) is 2. The highest BCUT2D eigenvalue weighted by atomic mass is 19.4. The van der Waals surface area contributed by atoms with Gasteiger partial charge >= 0.3 is 6.18 Å². The molecule has 2 N–H and O–H groups in total. The third kappa shape index (κ3) is 4.49. The van der Waals surface area contributed by atoms with E-state index in [2.05, 4.69) is 15.3 Å². The number of benzene rings is 1. The average molecular weight is 313 g/mol. The van der Waals surface area contributed by atoms with Gasteiger partial charge in [0.1, 0.15) is 11.6 Å². The van der Waals surface area contributed by atoms with Crippen LogP contribution in [0.25, 0.3) is 0 Å². The topological polar surface area (TPSA) is 49.9 Å². The van der Waals surface area contributed by atoms with E-state index in [-0.39, 0.29) is 24.0 Å². The van der Waals surface area contributed by atoms with E-state index in [9.17, 15) is 13.2 Å². The van der Waals surface area contributed by atoms with Crippen LogP contribution in [0.15, 0.2) is 30.6 Å². The maximum absolute atomic E-state index is 13.2. The van der Waals surface area contributed by atoms with Gasteiger partial charge in [-0.2, -0.15) is 13.2 Å². The molecule has 2 aromatic rings. The molecule has 0 fully saturated rings. The maximum atomic E-state index is 13.2. The van der Waals surface area contributed by atoms with E-state index in [0.29, 0.717) is 12.4 Å². The Bertz CT molecular complexity index is 595. The van der Waals surface area contributed by atoms with Gasteiger partial charge in [-0.1, -0.05) is 6.07 Å².